The lowest BCUT2D eigenvalue weighted by Crippen LogP contribution is -2.61. The third-order valence-corrected chi connectivity index (χ3v) is 10.7. The normalized spacial score (nSPS) is 34.3. The minimum atomic E-state index is -1.88. The van der Waals surface area contributed by atoms with Crippen molar-refractivity contribution in [1.29, 1.82) is 0 Å². The highest BCUT2D eigenvalue weighted by atomic mass is 32.1. The lowest BCUT2D eigenvalue weighted by Gasteiger charge is -2.30. The van der Waals surface area contributed by atoms with E-state index in [1.165, 1.54) is 27.7 Å². The van der Waals surface area contributed by atoms with Crippen LogP contribution < -0.4 is 31.9 Å². The zero-order valence-electron chi connectivity index (χ0n) is 30.9. The van der Waals surface area contributed by atoms with Crippen LogP contribution in [0.5, 0.6) is 0 Å². The van der Waals surface area contributed by atoms with Crippen LogP contribution in [0.15, 0.2) is 30.5 Å². The molecule has 0 aliphatic carbocycles. The van der Waals surface area contributed by atoms with Crippen LogP contribution >= 0.6 is 12.6 Å². The molecular formula is C35H51N8O11S+. The number of carbonyl (C=O) groups excluding carboxylic acids is 6. The monoisotopic (exact) mass is 791 g/mol. The topological polar surface area (TPSA) is 284 Å². The number of hydroxylamine groups is 3. The van der Waals surface area contributed by atoms with Crippen molar-refractivity contribution in [2.75, 3.05) is 18.9 Å². The molecule has 1 spiro atoms. The molecule has 6 amide bonds. The van der Waals surface area contributed by atoms with Gasteiger partial charge in [-0.2, -0.15) is 12.6 Å². The molecule has 0 unspecified atom stereocenters. The highest BCUT2D eigenvalue weighted by molar-refractivity contribution is 7.80. The first-order valence-electron chi connectivity index (χ1n) is 18.1. The summed E-state index contributed by atoms with van der Waals surface area (Å²) in [4.78, 5) is 91.1. The van der Waals surface area contributed by atoms with E-state index >= 15 is 0 Å². The molecule has 302 valence electrons. The van der Waals surface area contributed by atoms with Gasteiger partial charge in [0.05, 0.1) is 18.3 Å². The van der Waals surface area contributed by atoms with Gasteiger partial charge in [0.2, 0.25) is 35.6 Å². The number of nitrogens with one attached hydrogen (secondary N) is 7. The summed E-state index contributed by atoms with van der Waals surface area (Å²) in [6, 6.07) is -1.57. The lowest BCUT2D eigenvalue weighted by molar-refractivity contribution is -0.926. The molecule has 5 rings (SSSR count). The van der Waals surface area contributed by atoms with Crippen LogP contribution in [0.25, 0.3) is 10.9 Å². The molecule has 4 heterocycles. The van der Waals surface area contributed by atoms with Crippen molar-refractivity contribution in [2.45, 2.75) is 113 Å². The number of nitrogens with zero attached hydrogens (tertiary/aromatic N) is 1. The number of benzene rings is 1. The number of thiol groups is 1. The van der Waals surface area contributed by atoms with E-state index in [2.05, 4.69) is 49.5 Å². The summed E-state index contributed by atoms with van der Waals surface area (Å²) < 4.78 is -0.369. The molecular weight excluding hydrogens is 740 g/mol. The smallest absolute Gasteiger partial charge is 0.295 e. The first-order chi connectivity index (χ1) is 25.9. The number of quaternary nitrogens is 1. The van der Waals surface area contributed by atoms with Crippen molar-refractivity contribution >= 4 is 59.0 Å². The van der Waals surface area contributed by atoms with Gasteiger partial charge < -0.3 is 57.3 Å². The molecule has 12 atom stereocenters. The maximum Gasteiger partial charge on any atom is 0.295 e. The quantitative estimate of drug-likeness (QED) is 0.0738. The van der Waals surface area contributed by atoms with Crippen molar-refractivity contribution in [3.05, 3.63) is 36.0 Å². The third kappa shape index (κ3) is 9.39. The number of rotatable bonds is 7. The van der Waals surface area contributed by atoms with Gasteiger partial charge in [0.1, 0.15) is 48.9 Å². The number of fused-ring (bicyclic) bond motifs is 1. The van der Waals surface area contributed by atoms with E-state index < -0.39 is 115 Å². The molecule has 1 aromatic carbocycles. The average Bonchev–Trinajstić information content (AvgIpc) is 3.51. The van der Waals surface area contributed by atoms with Gasteiger partial charge in [-0.1, -0.05) is 18.2 Å². The Morgan fingerprint density at radius 3 is 2.16 bits per heavy atom. The van der Waals surface area contributed by atoms with Gasteiger partial charge in [0.25, 0.3) is 12.1 Å². The minimum absolute atomic E-state index is 0.00440. The fourth-order valence-corrected chi connectivity index (χ4v) is 7.42. The van der Waals surface area contributed by atoms with Gasteiger partial charge in [-0.3, -0.25) is 28.8 Å². The number of aliphatic hydroxyl groups is 4. The van der Waals surface area contributed by atoms with Crippen molar-refractivity contribution in [1.82, 2.24) is 36.9 Å². The van der Waals surface area contributed by atoms with Crippen molar-refractivity contribution in [3.8, 4) is 0 Å². The second-order valence-corrected chi connectivity index (χ2v) is 15.3. The zero-order valence-corrected chi connectivity index (χ0v) is 31.8. The van der Waals surface area contributed by atoms with E-state index in [0.29, 0.717) is 5.56 Å². The molecule has 2 aromatic rings. The first-order valence-corrected chi connectivity index (χ1v) is 18.8. The number of aliphatic hydroxyl groups excluding tert-OH is 3. The Hall–Kier alpha value is -4.31. The zero-order chi connectivity index (χ0) is 40.4. The number of para-hydroxylation sites is 1. The van der Waals surface area contributed by atoms with E-state index in [0.717, 1.165) is 10.9 Å². The molecule has 0 saturated carbocycles. The van der Waals surface area contributed by atoms with E-state index in [9.17, 15) is 49.2 Å². The van der Waals surface area contributed by atoms with Gasteiger partial charge in [0.15, 0.2) is 0 Å². The number of H-pyrrole nitrogens is 1. The van der Waals surface area contributed by atoms with Crippen LogP contribution in [0, 0.1) is 0 Å². The van der Waals surface area contributed by atoms with Crippen molar-refractivity contribution in [2.24, 2.45) is 0 Å². The molecule has 55 heavy (non-hydrogen) atoms. The van der Waals surface area contributed by atoms with E-state index in [1.807, 2.05) is 18.2 Å². The number of amides is 6. The molecule has 3 aliphatic heterocycles. The van der Waals surface area contributed by atoms with Gasteiger partial charge in [-0.25, -0.2) is 0 Å². The number of carbonyl (C=O) groups is 6. The molecule has 1 aromatic heterocycles. The molecule has 3 fully saturated rings. The SMILES string of the molecule is C[C@@H]1NC(=O)[C@H](C[C@](C)(O)CO)NC(=O)[C@H](Cc2c[nH]c3ccccc23)NC(=O)[C@H](C)NC(=O)[C@@H]2C[C@@H](O)C[N@@+]23O[C@@H]3[C@H](CS)NC(=O)[C@H]([C@H](C)O)NC1=O. The lowest BCUT2D eigenvalue weighted by atomic mass is 9.96. The van der Waals surface area contributed by atoms with Crippen LogP contribution in [0.4, 0.5) is 0 Å². The predicted octanol–water partition coefficient (Wildman–Crippen LogP) is -3.66. The molecule has 0 radical (unpaired) electrons. The third-order valence-electron chi connectivity index (χ3n) is 10.3. The predicted molar refractivity (Wildman–Crippen MR) is 197 cm³/mol. The summed E-state index contributed by atoms with van der Waals surface area (Å²) in [7, 11) is 0. The molecule has 11 N–H and O–H groups in total. The van der Waals surface area contributed by atoms with Crippen LogP contribution in [-0.2, 0) is 40.0 Å². The van der Waals surface area contributed by atoms with Gasteiger partial charge in [0, 0.05) is 42.1 Å². The summed E-state index contributed by atoms with van der Waals surface area (Å²) in [5, 5.41) is 57.9. The Labute approximate surface area is 322 Å². The highest BCUT2D eigenvalue weighted by Gasteiger charge is 2.73. The van der Waals surface area contributed by atoms with E-state index in [1.54, 1.807) is 12.3 Å². The van der Waals surface area contributed by atoms with E-state index in [4.69, 9.17) is 4.84 Å². The maximum absolute atomic E-state index is 14.1. The summed E-state index contributed by atoms with van der Waals surface area (Å²) >= 11 is 4.36. The Morgan fingerprint density at radius 2 is 1.51 bits per heavy atom. The number of hydrogen-bond acceptors (Lipinski definition) is 12. The largest absolute Gasteiger partial charge is 0.393 e. The van der Waals surface area contributed by atoms with Crippen LogP contribution in [-0.4, -0.2) is 151 Å². The molecule has 0 bridgehead atoms. The Balaban J connectivity index is 1.50. The molecule has 3 saturated heterocycles. The summed E-state index contributed by atoms with van der Waals surface area (Å²) in [5.41, 5.74) is -0.482. The summed E-state index contributed by atoms with van der Waals surface area (Å²) in [6.07, 6.45) is -2.19. The summed E-state index contributed by atoms with van der Waals surface area (Å²) in [6.45, 7) is 4.42. The first kappa shape index (κ1) is 41.8. The standard InChI is InChI=1S/C35H50N8O11S/c1-16-28(47)39-23(9-19-12-36-22-8-6-5-7-21(19)22)30(49)40-24(11-35(4,53)15-44)31(50)37-17(2)29(48)42-27(18(3)45)33(52)41-25(14-55)34-43(54-34)13-20(46)10-26(43)32(51)38-16/h5-8,12,16-18,20,23-27,34,36,44-46,53H,9-11,13-15H2,1-4H3,(H6-,37,38,39,40,41,42,47,48,49,50,51,52,55)/p+1/t16-,17-,18-,20+,23-,24-,25-,26-,27-,34+,35-,43+/m0/s1. The Bertz CT molecular complexity index is 1790. The Kier molecular flexibility index (Phi) is 12.8. The summed E-state index contributed by atoms with van der Waals surface area (Å²) in [5.74, 6) is -4.90. The fourth-order valence-electron chi connectivity index (χ4n) is 7.15. The molecule has 19 nitrogen and oxygen atoms in total. The van der Waals surface area contributed by atoms with E-state index in [-0.39, 0.29) is 29.8 Å². The van der Waals surface area contributed by atoms with Crippen LogP contribution in [0.3, 0.4) is 0 Å². The average molecular weight is 792 g/mol. The van der Waals surface area contributed by atoms with Crippen molar-refractivity contribution in [3.63, 3.8) is 0 Å². The number of hydrogen-bond donors (Lipinski definition) is 12. The molecule has 20 heteroatoms. The van der Waals surface area contributed by atoms with Gasteiger partial charge in [-0.05, 0) is 39.3 Å². The minimum Gasteiger partial charge on any atom is -0.393 e. The Morgan fingerprint density at radius 1 is 0.891 bits per heavy atom. The van der Waals surface area contributed by atoms with Gasteiger partial charge >= 0.3 is 0 Å². The van der Waals surface area contributed by atoms with Crippen molar-refractivity contribution < 1.29 is 58.7 Å². The second-order valence-electron chi connectivity index (χ2n) is 15.0. The second kappa shape index (κ2) is 16.8. The van der Waals surface area contributed by atoms with Gasteiger partial charge in [-0.15, -0.1) is 9.48 Å². The van der Waals surface area contributed by atoms with Crippen LogP contribution in [0.2, 0.25) is 0 Å². The fraction of sp³-hybridized carbons (Fsp3) is 0.600. The maximum atomic E-state index is 14.1. The van der Waals surface area contributed by atoms with Crippen LogP contribution in [0.1, 0.15) is 46.1 Å². The number of aromatic nitrogens is 1. The number of aromatic amines is 1. The highest BCUT2D eigenvalue weighted by Crippen LogP contribution is 2.46. The molecule has 3 aliphatic rings.